The summed E-state index contributed by atoms with van der Waals surface area (Å²) >= 11 is 0. The molecule has 1 amide bonds. The predicted octanol–water partition coefficient (Wildman–Crippen LogP) is 4.33. The molecular formula is C23H25N3O. The molecule has 1 aliphatic heterocycles. The van der Waals surface area contributed by atoms with E-state index in [0.29, 0.717) is 13.1 Å². The molecule has 0 N–H and O–H groups in total. The summed E-state index contributed by atoms with van der Waals surface area (Å²) in [4.78, 5) is 15.4. The van der Waals surface area contributed by atoms with Crippen LogP contribution in [0.4, 0.5) is 0 Å². The summed E-state index contributed by atoms with van der Waals surface area (Å²) in [6.07, 6.45) is 1.72. The van der Waals surface area contributed by atoms with Gasteiger partial charge in [-0.2, -0.15) is 5.10 Å². The maximum atomic E-state index is 13.4. The first kappa shape index (κ1) is 17.5. The normalized spacial score (nSPS) is 16.4. The van der Waals surface area contributed by atoms with Crippen molar-refractivity contribution >= 4 is 5.91 Å². The first-order chi connectivity index (χ1) is 13.1. The molecular weight excluding hydrogens is 334 g/mol. The fourth-order valence-corrected chi connectivity index (χ4v) is 4.20. The molecule has 0 spiro atoms. The SMILES string of the molecule is CC(C)c1c(C(=O)N2Cc3ccccc3C(c3ccccc3)C2)cnn1C. The van der Waals surface area contributed by atoms with Crippen LogP contribution < -0.4 is 0 Å². The molecule has 0 aliphatic carbocycles. The van der Waals surface area contributed by atoms with Crippen molar-refractivity contribution in [1.29, 1.82) is 0 Å². The Bertz CT molecular complexity index is 959. The molecule has 1 atom stereocenters. The van der Waals surface area contributed by atoms with Crippen LogP contribution in [0.3, 0.4) is 0 Å². The highest BCUT2D eigenvalue weighted by atomic mass is 16.2. The van der Waals surface area contributed by atoms with Crippen LogP contribution in [-0.4, -0.2) is 27.1 Å². The Morgan fingerprint density at radius 3 is 2.52 bits per heavy atom. The van der Waals surface area contributed by atoms with Crippen molar-refractivity contribution in [2.75, 3.05) is 6.54 Å². The van der Waals surface area contributed by atoms with E-state index < -0.39 is 0 Å². The molecule has 4 nitrogen and oxygen atoms in total. The Kier molecular flexibility index (Phi) is 4.56. The van der Waals surface area contributed by atoms with Crippen LogP contribution in [0.25, 0.3) is 0 Å². The minimum Gasteiger partial charge on any atom is -0.333 e. The van der Waals surface area contributed by atoms with E-state index in [2.05, 4.69) is 67.5 Å². The number of nitrogens with zero attached hydrogens (tertiary/aromatic N) is 3. The van der Waals surface area contributed by atoms with Crippen molar-refractivity contribution in [3.05, 3.63) is 88.7 Å². The number of hydrogen-bond donors (Lipinski definition) is 0. The molecule has 2 aromatic carbocycles. The van der Waals surface area contributed by atoms with Crippen molar-refractivity contribution < 1.29 is 4.79 Å². The van der Waals surface area contributed by atoms with Crippen molar-refractivity contribution in [3.8, 4) is 0 Å². The van der Waals surface area contributed by atoms with E-state index in [1.54, 1.807) is 6.20 Å². The Labute approximate surface area is 160 Å². The number of benzene rings is 2. The molecule has 4 heteroatoms. The van der Waals surface area contributed by atoms with Crippen molar-refractivity contribution in [2.45, 2.75) is 32.2 Å². The Morgan fingerprint density at radius 2 is 1.78 bits per heavy atom. The number of amides is 1. The van der Waals surface area contributed by atoms with Crippen LogP contribution in [0.15, 0.2) is 60.8 Å². The molecule has 138 valence electrons. The van der Waals surface area contributed by atoms with Crippen LogP contribution in [0.2, 0.25) is 0 Å². The predicted molar refractivity (Wildman–Crippen MR) is 107 cm³/mol. The topological polar surface area (TPSA) is 38.1 Å². The van der Waals surface area contributed by atoms with Gasteiger partial charge in [0.05, 0.1) is 17.5 Å². The molecule has 0 saturated carbocycles. The second kappa shape index (κ2) is 7.03. The largest absolute Gasteiger partial charge is 0.333 e. The standard InChI is InChI=1S/C23H25N3O/c1-16(2)22-20(13-24-25(22)3)23(27)26-14-18-11-7-8-12-19(18)21(15-26)17-9-5-4-6-10-17/h4-13,16,21H,14-15H2,1-3H3. The average molecular weight is 359 g/mol. The van der Waals surface area contributed by atoms with Crippen molar-refractivity contribution in [1.82, 2.24) is 14.7 Å². The second-order valence-corrected chi connectivity index (χ2v) is 7.57. The fraction of sp³-hybridized carbons (Fsp3) is 0.304. The number of carbonyl (C=O) groups excluding carboxylic acids is 1. The highest BCUT2D eigenvalue weighted by Crippen LogP contribution is 2.34. The second-order valence-electron chi connectivity index (χ2n) is 7.57. The third-order valence-electron chi connectivity index (χ3n) is 5.45. The van der Waals surface area contributed by atoms with Gasteiger partial charge in [0.25, 0.3) is 5.91 Å². The Morgan fingerprint density at radius 1 is 1.07 bits per heavy atom. The lowest BCUT2D eigenvalue weighted by atomic mass is 9.84. The monoisotopic (exact) mass is 359 g/mol. The number of carbonyl (C=O) groups is 1. The lowest BCUT2D eigenvalue weighted by molar-refractivity contribution is 0.0723. The number of aryl methyl sites for hydroxylation is 1. The van der Waals surface area contributed by atoms with E-state index >= 15 is 0 Å². The van der Waals surface area contributed by atoms with Gasteiger partial charge in [-0.15, -0.1) is 0 Å². The van der Waals surface area contributed by atoms with E-state index in [4.69, 9.17) is 0 Å². The fourth-order valence-electron chi connectivity index (χ4n) is 4.20. The number of rotatable bonds is 3. The summed E-state index contributed by atoms with van der Waals surface area (Å²) in [5, 5.41) is 4.34. The molecule has 1 aliphatic rings. The van der Waals surface area contributed by atoms with Crippen LogP contribution in [-0.2, 0) is 13.6 Å². The van der Waals surface area contributed by atoms with Gasteiger partial charge in [-0.25, -0.2) is 0 Å². The van der Waals surface area contributed by atoms with Crippen molar-refractivity contribution in [3.63, 3.8) is 0 Å². The van der Waals surface area contributed by atoms with Gasteiger partial charge in [0.1, 0.15) is 0 Å². The van der Waals surface area contributed by atoms with Crippen LogP contribution >= 0.6 is 0 Å². The highest BCUT2D eigenvalue weighted by Gasteiger charge is 2.31. The summed E-state index contributed by atoms with van der Waals surface area (Å²) in [6, 6.07) is 18.9. The number of aromatic nitrogens is 2. The lowest BCUT2D eigenvalue weighted by Gasteiger charge is -2.35. The minimum absolute atomic E-state index is 0.0715. The van der Waals surface area contributed by atoms with Gasteiger partial charge in [-0.1, -0.05) is 68.4 Å². The minimum atomic E-state index is 0.0715. The zero-order valence-corrected chi connectivity index (χ0v) is 16.1. The van der Waals surface area contributed by atoms with Crippen molar-refractivity contribution in [2.24, 2.45) is 7.05 Å². The van der Waals surface area contributed by atoms with E-state index in [1.165, 1.54) is 16.7 Å². The molecule has 0 bridgehead atoms. The summed E-state index contributed by atoms with van der Waals surface area (Å²) in [6.45, 7) is 5.54. The Balaban J connectivity index is 1.72. The number of fused-ring (bicyclic) bond motifs is 1. The third-order valence-corrected chi connectivity index (χ3v) is 5.45. The summed E-state index contributed by atoms with van der Waals surface area (Å²) < 4.78 is 1.82. The Hall–Kier alpha value is -2.88. The van der Waals surface area contributed by atoms with E-state index in [1.807, 2.05) is 22.7 Å². The molecule has 1 aromatic heterocycles. The molecule has 2 heterocycles. The summed E-state index contributed by atoms with van der Waals surface area (Å²) in [5.74, 6) is 0.514. The van der Waals surface area contributed by atoms with E-state index in [0.717, 1.165) is 11.3 Å². The smallest absolute Gasteiger partial charge is 0.257 e. The highest BCUT2D eigenvalue weighted by molar-refractivity contribution is 5.95. The van der Waals surface area contributed by atoms with Gasteiger partial charge < -0.3 is 4.90 Å². The number of hydrogen-bond acceptors (Lipinski definition) is 2. The zero-order valence-electron chi connectivity index (χ0n) is 16.1. The van der Waals surface area contributed by atoms with E-state index in [9.17, 15) is 4.79 Å². The summed E-state index contributed by atoms with van der Waals surface area (Å²) in [5.41, 5.74) is 5.51. The van der Waals surface area contributed by atoms with Crippen LogP contribution in [0.1, 0.15) is 58.4 Å². The maximum absolute atomic E-state index is 13.4. The van der Waals surface area contributed by atoms with E-state index in [-0.39, 0.29) is 17.7 Å². The molecule has 4 rings (SSSR count). The third kappa shape index (κ3) is 3.16. The maximum Gasteiger partial charge on any atom is 0.257 e. The van der Waals surface area contributed by atoms with Gasteiger partial charge in [0.2, 0.25) is 0 Å². The van der Waals surface area contributed by atoms with Crippen LogP contribution in [0, 0.1) is 0 Å². The quantitative estimate of drug-likeness (QED) is 0.698. The molecule has 0 fully saturated rings. The molecule has 0 saturated heterocycles. The first-order valence-corrected chi connectivity index (χ1v) is 9.50. The van der Waals surface area contributed by atoms with Gasteiger partial charge in [-0.05, 0) is 22.6 Å². The average Bonchev–Trinajstić information content (AvgIpc) is 3.09. The van der Waals surface area contributed by atoms with Gasteiger partial charge in [-0.3, -0.25) is 9.48 Å². The summed E-state index contributed by atoms with van der Waals surface area (Å²) in [7, 11) is 1.91. The van der Waals surface area contributed by atoms with Crippen LogP contribution in [0.5, 0.6) is 0 Å². The molecule has 1 unspecified atom stereocenters. The lowest BCUT2D eigenvalue weighted by Crippen LogP contribution is -2.39. The molecule has 27 heavy (non-hydrogen) atoms. The van der Waals surface area contributed by atoms with Gasteiger partial charge in [0.15, 0.2) is 0 Å². The van der Waals surface area contributed by atoms with Gasteiger partial charge in [0, 0.05) is 26.1 Å². The zero-order chi connectivity index (χ0) is 19.0. The molecule has 0 radical (unpaired) electrons. The first-order valence-electron chi connectivity index (χ1n) is 9.50. The van der Waals surface area contributed by atoms with Gasteiger partial charge >= 0.3 is 0 Å². The molecule has 3 aromatic rings.